The molecule has 5 heteroatoms. The molecule has 0 spiro atoms. The van der Waals surface area contributed by atoms with Gasteiger partial charge in [-0.25, -0.2) is 12.8 Å². The average molecular weight is 277 g/mol. The Balaban J connectivity index is 2.36. The molecule has 0 aromatic heterocycles. The fourth-order valence-electron chi connectivity index (χ4n) is 1.57. The highest BCUT2D eigenvalue weighted by molar-refractivity contribution is 7.90. The zero-order valence-electron chi connectivity index (χ0n) is 10.2. The van der Waals surface area contributed by atoms with Crippen LogP contribution in [0.25, 0.3) is 0 Å². The minimum absolute atomic E-state index is 0.174. The van der Waals surface area contributed by atoms with Crippen LogP contribution in [0.2, 0.25) is 0 Å². The zero-order chi connectivity index (χ0) is 13.9. The molecule has 98 valence electrons. The highest BCUT2D eigenvalue weighted by atomic mass is 32.2. The number of benzene rings is 2. The van der Waals surface area contributed by atoms with Gasteiger partial charge in [-0.3, -0.25) is 4.99 Å². The van der Waals surface area contributed by atoms with Crippen molar-refractivity contribution in [2.45, 2.75) is 4.90 Å². The number of halogens is 1. The molecule has 0 saturated carbocycles. The Morgan fingerprint density at radius 3 is 2.32 bits per heavy atom. The second-order valence-corrected chi connectivity index (χ2v) is 6.03. The van der Waals surface area contributed by atoms with E-state index in [4.69, 9.17) is 0 Å². The van der Waals surface area contributed by atoms with E-state index in [0.717, 1.165) is 6.26 Å². The summed E-state index contributed by atoms with van der Waals surface area (Å²) in [5, 5.41) is 0. The Morgan fingerprint density at radius 2 is 1.68 bits per heavy atom. The van der Waals surface area contributed by atoms with Gasteiger partial charge in [-0.15, -0.1) is 0 Å². The topological polar surface area (TPSA) is 46.5 Å². The molecule has 0 saturated heterocycles. The Morgan fingerprint density at radius 1 is 1.05 bits per heavy atom. The molecule has 2 aromatic rings. The van der Waals surface area contributed by atoms with E-state index < -0.39 is 9.84 Å². The van der Waals surface area contributed by atoms with Crippen LogP contribution in [0.3, 0.4) is 0 Å². The van der Waals surface area contributed by atoms with E-state index in [1.807, 2.05) is 0 Å². The normalized spacial score (nSPS) is 11.9. The van der Waals surface area contributed by atoms with Gasteiger partial charge in [0.05, 0.1) is 10.6 Å². The summed E-state index contributed by atoms with van der Waals surface area (Å²) in [4.78, 5) is 4.32. The number of rotatable bonds is 3. The van der Waals surface area contributed by atoms with E-state index in [2.05, 4.69) is 4.99 Å². The predicted molar refractivity (Wildman–Crippen MR) is 73.2 cm³/mol. The summed E-state index contributed by atoms with van der Waals surface area (Å²) in [5.74, 6) is -0.325. The third-order valence-corrected chi connectivity index (χ3v) is 3.63. The molecule has 0 unspecified atom stereocenters. The lowest BCUT2D eigenvalue weighted by Gasteiger charge is -2.02. The van der Waals surface area contributed by atoms with Crippen LogP contribution >= 0.6 is 0 Å². The van der Waals surface area contributed by atoms with Crippen LogP contribution in [0.15, 0.2) is 58.4 Å². The summed E-state index contributed by atoms with van der Waals surface area (Å²) in [6, 6.07) is 12.3. The molecule has 0 atom stereocenters. The first kappa shape index (κ1) is 13.4. The van der Waals surface area contributed by atoms with Crippen molar-refractivity contribution in [2.75, 3.05) is 6.26 Å². The van der Waals surface area contributed by atoms with Crippen molar-refractivity contribution in [3.8, 4) is 0 Å². The minimum atomic E-state index is -3.32. The molecule has 0 N–H and O–H groups in total. The second-order valence-electron chi connectivity index (χ2n) is 4.05. The van der Waals surface area contributed by atoms with Gasteiger partial charge in [-0.05, 0) is 29.8 Å². The summed E-state index contributed by atoms with van der Waals surface area (Å²) in [5.41, 5.74) is 1.07. The van der Waals surface area contributed by atoms with E-state index in [1.54, 1.807) is 30.3 Å². The Labute approximate surface area is 111 Å². The number of nitrogens with zero attached hydrogens (tertiary/aromatic N) is 1. The van der Waals surface area contributed by atoms with Crippen LogP contribution in [-0.4, -0.2) is 20.9 Å². The summed E-state index contributed by atoms with van der Waals surface area (Å²) in [6.07, 6.45) is 2.64. The molecule has 0 radical (unpaired) electrons. The maximum atomic E-state index is 12.7. The van der Waals surface area contributed by atoms with Crippen LogP contribution in [0.5, 0.6) is 0 Å². The quantitative estimate of drug-likeness (QED) is 0.810. The minimum Gasteiger partial charge on any atom is -0.255 e. The third kappa shape index (κ3) is 3.48. The number of para-hydroxylation sites is 1. The van der Waals surface area contributed by atoms with E-state index in [0.29, 0.717) is 11.3 Å². The van der Waals surface area contributed by atoms with Gasteiger partial charge in [0.25, 0.3) is 0 Å². The van der Waals surface area contributed by atoms with Crippen molar-refractivity contribution < 1.29 is 12.8 Å². The summed E-state index contributed by atoms with van der Waals surface area (Å²) < 4.78 is 35.9. The molecule has 0 aliphatic rings. The molecule has 0 bridgehead atoms. The summed E-state index contributed by atoms with van der Waals surface area (Å²) >= 11 is 0. The molecule has 3 nitrogen and oxygen atoms in total. The molecule has 0 aliphatic carbocycles. The summed E-state index contributed by atoms with van der Waals surface area (Å²) in [7, 11) is -3.32. The van der Waals surface area contributed by atoms with Crippen LogP contribution in [-0.2, 0) is 9.84 Å². The van der Waals surface area contributed by atoms with Gasteiger partial charge in [-0.2, -0.15) is 0 Å². The van der Waals surface area contributed by atoms with Crippen molar-refractivity contribution in [1.82, 2.24) is 0 Å². The third-order valence-electron chi connectivity index (χ3n) is 2.49. The maximum Gasteiger partial charge on any atom is 0.177 e. The smallest absolute Gasteiger partial charge is 0.177 e. The molecular formula is C14H12FNO2S. The highest BCUT2D eigenvalue weighted by Gasteiger charge is 2.11. The van der Waals surface area contributed by atoms with Crippen molar-refractivity contribution >= 4 is 21.7 Å². The standard InChI is InChI=1S/C14H12FNO2S/c1-19(17,18)14-5-3-2-4-13(14)16-10-11-6-8-12(15)9-7-11/h2-10H,1H3. The van der Waals surface area contributed by atoms with Gasteiger partial charge < -0.3 is 0 Å². The first-order chi connectivity index (χ1) is 8.97. The molecule has 2 aromatic carbocycles. The predicted octanol–water partition coefficient (Wildman–Crippen LogP) is 2.98. The van der Waals surface area contributed by atoms with E-state index in [-0.39, 0.29) is 10.7 Å². The highest BCUT2D eigenvalue weighted by Crippen LogP contribution is 2.23. The maximum absolute atomic E-state index is 12.7. The van der Waals surface area contributed by atoms with Gasteiger partial charge in [0, 0.05) is 12.5 Å². The lowest BCUT2D eigenvalue weighted by Crippen LogP contribution is -1.97. The molecule has 0 amide bonds. The van der Waals surface area contributed by atoms with Crippen molar-refractivity contribution in [2.24, 2.45) is 4.99 Å². The zero-order valence-corrected chi connectivity index (χ0v) is 11.1. The fourth-order valence-corrected chi connectivity index (χ4v) is 2.40. The Bertz CT molecular complexity index is 706. The molecule has 19 heavy (non-hydrogen) atoms. The molecule has 2 rings (SSSR count). The van der Waals surface area contributed by atoms with E-state index in [1.165, 1.54) is 24.4 Å². The van der Waals surface area contributed by atoms with Gasteiger partial charge in [-0.1, -0.05) is 24.3 Å². The van der Waals surface area contributed by atoms with Crippen molar-refractivity contribution in [3.63, 3.8) is 0 Å². The van der Waals surface area contributed by atoms with Crippen LogP contribution in [0, 0.1) is 5.82 Å². The van der Waals surface area contributed by atoms with E-state index in [9.17, 15) is 12.8 Å². The van der Waals surface area contributed by atoms with Gasteiger partial charge in [0.1, 0.15) is 5.82 Å². The van der Waals surface area contributed by atoms with Crippen LogP contribution in [0.1, 0.15) is 5.56 Å². The Hall–Kier alpha value is -2.01. The van der Waals surface area contributed by atoms with Gasteiger partial charge in [0.2, 0.25) is 0 Å². The van der Waals surface area contributed by atoms with Crippen molar-refractivity contribution in [3.05, 3.63) is 59.9 Å². The SMILES string of the molecule is CS(=O)(=O)c1ccccc1N=Cc1ccc(F)cc1. The number of hydrogen-bond acceptors (Lipinski definition) is 3. The lowest BCUT2D eigenvalue weighted by molar-refractivity contribution is 0.602. The van der Waals surface area contributed by atoms with Crippen LogP contribution < -0.4 is 0 Å². The summed E-state index contributed by atoms with van der Waals surface area (Å²) in [6.45, 7) is 0. The number of sulfone groups is 1. The fraction of sp³-hybridized carbons (Fsp3) is 0.0714. The van der Waals surface area contributed by atoms with Gasteiger partial charge >= 0.3 is 0 Å². The molecule has 0 fully saturated rings. The molecule has 0 heterocycles. The number of hydrogen-bond donors (Lipinski definition) is 0. The second kappa shape index (κ2) is 5.32. The lowest BCUT2D eigenvalue weighted by atomic mass is 10.2. The van der Waals surface area contributed by atoms with Crippen molar-refractivity contribution in [1.29, 1.82) is 0 Å². The Kier molecular flexibility index (Phi) is 3.76. The molecule has 0 aliphatic heterocycles. The van der Waals surface area contributed by atoms with E-state index >= 15 is 0 Å². The largest absolute Gasteiger partial charge is 0.255 e. The van der Waals surface area contributed by atoms with Crippen LogP contribution in [0.4, 0.5) is 10.1 Å². The number of aliphatic imine (C=N–C) groups is 1. The first-order valence-corrected chi connectivity index (χ1v) is 7.45. The first-order valence-electron chi connectivity index (χ1n) is 5.55. The monoisotopic (exact) mass is 277 g/mol. The average Bonchev–Trinajstić information content (AvgIpc) is 2.37. The van der Waals surface area contributed by atoms with Gasteiger partial charge in [0.15, 0.2) is 9.84 Å². The molecular weight excluding hydrogens is 265 g/mol.